The minimum atomic E-state index is 0.220. The molecule has 4 heteroatoms. The summed E-state index contributed by atoms with van der Waals surface area (Å²) in [7, 11) is 0. The van der Waals surface area contributed by atoms with E-state index in [2.05, 4.69) is 33.2 Å². The number of nitrogens with one attached hydrogen (secondary N) is 1. The first-order chi connectivity index (χ1) is 7.02. The SMILES string of the molecule is Cc1c(N)cnc(NC2(C)CCC2)c1Br. The molecule has 0 spiro atoms. The number of rotatable bonds is 2. The predicted molar refractivity (Wildman–Crippen MR) is 67.0 cm³/mol. The maximum Gasteiger partial charge on any atom is 0.141 e. The van der Waals surface area contributed by atoms with Crippen molar-refractivity contribution >= 4 is 27.4 Å². The smallest absolute Gasteiger partial charge is 0.141 e. The summed E-state index contributed by atoms with van der Waals surface area (Å²) < 4.78 is 0.982. The van der Waals surface area contributed by atoms with E-state index in [-0.39, 0.29) is 5.54 Å². The van der Waals surface area contributed by atoms with Crippen molar-refractivity contribution in [3.8, 4) is 0 Å². The summed E-state index contributed by atoms with van der Waals surface area (Å²) in [4.78, 5) is 4.32. The number of pyridine rings is 1. The Morgan fingerprint density at radius 1 is 1.53 bits per heavy atom. The molecule has 3 nitrogen and oxygen atoms in total. The highest BCUT2D eigenvalue weighted by Crippen LogP contribution is 2.37. The van der Waals surface area contributed by atoms with Crippen LogP contribution in [0.5, 0.6) is 0 Å². The van der Waals surface area contributed by atoms with Crippen molar-refractivity contribution in [1.29, 1.82) is 0 Å². The Balaban J connectivity index is 2.25. The van der Waals surface area contributed by atoms with Crippen LogP contribution in [0, 0.1) is 6.92 Å². The van der Waals surface area contributed by atoms with Gasteiger partial charge in [0.1, 0.15) is 5.82 Å². The Hall–Kier alpha value is -0.770. The highest BCUT2D eigenvalue weighted by atomic mass is 79.9. The molecule has 1 heterocycles. The zero-order chi connectivity index (χ0) is 11.1. The van der Waals surface area contributed by atoms with E-state index in [1.165, 1.54) is 19.3 Å². The van der Waals surface area contributed by atoms with Crippen LogP contribution in [0.25, 0.3) is 0 Å². The van der Waals surface area contributed by atoms with Gasteiger partial charge < -0.3 is 11.1 Å². The Labute approximate surface area is 98.6 Å². The third-order valence-corrected chi connectivity index (χ3v) is 4.15. The van der Waals surface area contributed by atoms with Crippen molar-refractivity contribution in [3.63, 3.8) is 0 Å². The molecule has 0 unspecified atom stereocenters. The molecule has 1 aromatic heterocycles. The largest absolute Gasteiger partial charge is 0.397 e. The van der Waals surface area contributed by atoms with E-state index in [9.17, 15) is 0 Å². The van der Waals surface area contributed by atoms with Gasteiger partial charge in [0.2, 0.25) is 0 Å². The molecule has 82 valence electrons. The lowest BCUT2D eigenvalue weighted by atomic mass is 9.78. The van der Waals surface area contributed by atoms with Gasteiger partial charge in [-0.2, -0.15) is 0 Å². The Kier molecular flexibility index (Phi) is 2.63. The Morgan fingerprint density at radius 3 is 2.73 bits per heavy atom. The van der Waals surface area contributed by atoms with Gasteiger partial charge in [-0.25, -0.2) is 4.98 Å². The van der Waals surface area contributed by atoms with Crippen molar-refractivity contribution in [2.75, 3.05) is 11.1 Å². The summed E-state index contributed by atoms with van der Waals surface area (Å²) >= 11 is 3.53. The fourth-order valence-electron chi connectivity index (χ4n) is 1.80. The van der Waals surface area contributed by atoms with Gasteiger partial charge in [0, 0.05) is 5.54 Å². The van der Waals surface area contributed by atoms with Gasteiger partial charge in [-0.15, -0.1) is 0 Å². The molecule has 0 radical (unpaired) electrons. The standard InChI is InChI=1S/C11H16BrN3/c1-7-8(13)6-14-10(9(7)12)15-11(2)4-3-5-11/h6H,3-5,13H2,1-2H3,(H,14,15). The van der Waals surface area contributed by atoms with E-state index in [1.807, 2.05) is 6.92 Å². The molecule has 1 fully saturated rings. The fraction of sp³-hybridized carbons (Fsp3) is 0.545. The summed E-state index contributed by atoms with van der Waals surface area (Å²) in [5, 5.41) is 3.48. The number of nitrogen functional groups attached to an aromatic ring is 1. The van der Waals surface area contributed by atoms with Crippen LogP contribution < -0.4 is 11.1 Å². The van der Waals surface area contributed by atoms with Crippen LogP contribution in [0.2, 0.25) is 0 Å². The lowest BCUT2D eigenvalue weighted by Gasteiger charge is -2.40. The summed E-state index contributed by atoms with van der Waals surface area (Å²) in [5.41, 5.74) is 7.78. The zero-order valence-corrected chi connectivity index (χ0v) is 10.7. The molecule has 0 aliphatic heterocycles. The second kappa shape index (κ2) is 3.67. The maximum atomic E-state index is 5.78. The first kappa shape index (κ1) is 10.7. The second-order valence-electron chi connectivity index (χ2n) is 4.54. The molecule has 0 aromatic carbocycles. The topological polar surface area (TPSA) is 50.9 Å². The minimum absolute atomic E-state index is 0.220. The van der Waals surface area contributed by atoms with Crippen LogP contribution in [-0.2, 0) is 0 Å². The average molecular weight is 270 g/mol. The van der Waals surface area contributed by atoms with E-state index in [0.717, 1.165) is 21.5 Å². The van der Waals surface area contributed by atoms with Gasteiger partial charge in [0.25, 0.3) is 0 Å². The van der Waals surface area contributed by atoms with Gasteiger partial charge in [-0.05, 0) is 54.6 Å². The Bertz CT molecular complexity index is 386. The number of hydrogen-bond acceptors (Lipinski definition) is 3. The highest BCUT2D eigenvalue weighted by molar-refractivity contribution is 9.10. The van der Waals surface area contributed by atoms with E-state index >= 15 is 0 Å². The van der Waals surface area contributed by atoms with Gasteiger partial charge in [0.15, 0.2) is 0 Å². The van der Waals surface area contributed by atoms with Crippen LogP contribution in [0.15, 0.2) is 10.7 Å². The number of halogens is 1. The molecule has 1 saturated carbocycles. The minimum Gasteiger partial charge on any atom is -0.397 e. The molecule has 0 bridgehead atoms. The number of hydrogen-bond donors (Lipinski definition) is 2. The summed E-state index contributed by atoms with van der Waals surface area (Å²) in [6.07, 6.45) is 5.44. The molecule has 1 aliphatic carbocycles. The molecule has 2 rings (SSSR count). The van der Waals surface area contributed by atoms with Gasteiger partial charge >= 0.3 is 0 Å². The number of nitrogens with two attached hydrogens (primary N) is 1. The summed E-state index contributed by atoms with van der Waals surface area (Å²) in [5.74, 6) is 0.906. The third-order valence-electron chi connectivity index (χ3n) is 3.18. The molecule has 15 heavy (non-hydrogen) atoms. The molecular weight excluding hydrogens is 254 g/mol. The highest BCUT2D eigenvalue weighted by Gasteiger charge is 2.32. The molecular formula is C11H16BrN3. The van der Waals surface area contributed by atoms with E-state index in [1.54, 1.807) is 6.20 Å². The van der Waals surface area contributed by atoms with Crippen LogP contribution in [-0.4, -0.2) is 10.5 Å². The van der Waals surface area contributed by atoms with Crippen molar-refractivity contribution in [2.24, 2.45) is 0 Å². The van der Waals surface area contributed by atoms with Gasteiger partial charge in [0.05, 0.1) is 16.4 Å². The predicted octanol–water partition coefficient (Wildman–Crippen LogP) is 3.09. The maximum absolute atomic E-state index is 5.78. The van der Waals surface area contributed by atoms with Crippen LogP contribution >= 0.6 is 15.9 Å². The molecule has 1 aliphatic rings. The molecule has 0 saturated heterocycles. The first-order valence-corrected chi connectivity index (χ1v) is 6.00. The second-order valence-corrected chi connectivity index (χ2v) is 5.33. The lowest BCUT2D eigenvalue weighted by molar-refractivity contribution is 0.305. The van der Waals surface area contributed by atoms with Crippen LogP contribution in [0.3, 0.4) is 0 Å². The number of aromatic nitrogens is 1. The van der Waals surface area contributed by atoms with E-state index in [0.29, 0.717) is 0 Å². The van der Waals surface area contributed by atoms with Crippen LogP contribution in [0.1, 0.15) is 31.7 Å². The molecule has 3 N–H and O–H groups in total. The first-order valence-electron chi connectivity index (χ1n) is 5.21. The number of nitrogens with zero attached hydrogens (tertiary/aromatic N) is 1. The van der Waals surface area contributed by atoms with Gasteiger partial charge in [-0.3, -0.25) is 0 Å². The van der Waals surface area contributed by atoms with Crippen molar-refractivity contribution in [3.05, 3.63) is 16.2 Å². The van der Waals surface area contributed by atoms with Gasteiger partial charge in [-0.1, -0.05) is 0 Å². The average Bonchev–Trinajstić information content (AvgIpc) is 2.17. The Morgan fingerprint density at radius 2 is 2.20 bits per heavy atom. The zero-order valence-electron chi connectivity index (χ0n) is 9.10. The summed E-state index contributed by atoms with van der Waals surface area (Å²) in [6, 6.07) is 0. The normalized spacial score (nSPS) is 18.3. The van der Waals surface area contributed by atoms with Crippen LogP contribution in [0.4, 0.5) is 11.5 Å². The fourth-order valence-corrected chi connectivity index (χ4v) is 2.23. The lowest BCUT2D eigenvalue weighted by Crippen LogP contribution is -2.42. The molecule has 0 amide bonds. The van der Waals surface area contributed by atoms with Crippen molar-refractivity contribution in [1.82, 2.24) is 4.98 Å². The monoisotopic (exact) mass is 269 g/mol. The molecule has 0 atom stereocenters. The molecule has 1 aromatic rings. The number of anilines is 2. The van der Waals surface area contributed by atoms with Crippen molar-refractivity contribution in [2.45, 2.75) is 38.6 Å². The van der Waals surface area contributed by atoms with Crippen molar-refractivity contribution < 1.29 is 0 Å². The summed E-state index contributed by atoms with van der Waals surface area (Å²) in [6.45, 7) is 4.23. The van der Waals surface area contributed by atoms with E-state index in [4.69, 9.17) is 5.73 Å². The third kappa shape index (κ3) is 1.95. The quantitative estimate of drug-likeness (QED) is 0.868. The van der Waals surface area contributed by atoms with E-state index < -0.39 is 0 Å².